The van der Waals surface area contributed by atoms with E-state index in [1.54, 1.807) is 19.2 Å². The van der Waals surface area contributed by atoms with Crippen molar-refractivity contribution in [2.75, 3.05) is 20.2 Å². The second kappa shape index (κ2) is 7.11. The number of methoxy groups -OCH3 is 1. The summed E-state index contributed by atoms with van der Waals surface area (Å²) in [5.41, 5.74) is 1.51. The number of nitrogens with zero attached hydrogens (tertiary/aromatic N) is 1. The molecule has 4 nitrogen and oxygen atoms in total. The van der Waals surface area contributed by atoms with E-state index < -0.39 is 7.12 Å². The van der Waals surface area contributed by atoms with E-state index in [0.717, 1.165) is 36.9 Å². The Morgan fingerprint density at radius 3 is 2.80 bits per heavy atom. The molecule has 0 aromatic heterocycles. The van der Waals surface area contributed by atoms with E-state index in [2.05, 4.69) is 11.8 Å². The number of likely N-dealkylation sites (tertiary alicyclic amines) is 1. The van der Waals surface area contributed by atoms with Gasteiger partial charge in [-0.2, -0.15) is 0 Å². The van der Waals surface area contributed by atoms with Gasteiger partial charge in [0.25, 0.3) is 0 Å². The Kier molecular flexibility index (Phi) is 5.46. The molecule has 1 aromatic rings. The molecule has 0 radical (unpaired) electrons. The minimum Gasteiger partial charge on any atom is -0.497 e. The van der Waals surface area contributed by atoms with Crippen LogP contribution in [0.15, 0.2) is 18.2 Å². The van der Waals surface area contributed by atoms with E-state index in [1.807, 2.05) is 6.07 Å². The lowest BCUT2D eigenvalue weighted by Gasteiger charge is -2.22. The molecule has 1 aliphatic rings. The van der Waals surface area contributed by atoms with Gasteiger partial charge in [0.05, 0.1) is 7.11 Å². The van der Waals surface area contributed by atoms with Crippen LogP contribution in [0.1, 0.15) is 31.7 Å². The molecule has 20 heavy (non-hydrogen) atoms. The predicted octanol–water partition coefficient (Wildman–Crippen LogP) is 0.997. The fourth-order valence-electron chi connectivity index (χ4n) is 2.82. The monoisotopic (exact) mass is 277 g/mol. The van der Waals surface area contributed by atoms with Crippen LogP contribution in [0.4, 0.5) is 0 Å². The van der Waals surface area contributed by atoms with Gasteiger partial charge >= 0.3 is 7.12 Å². The third-order valence-corrected chi connectivity index (χ3v) is 4.13. The summed E-state index contributed by atoms with van der Waals surface area (Å²) >= 11 is 0. The lowest BCUT2D eigenvalue weighted by molar-refractivity contribution is 0.273. The smallest absolute Gasteiger partial charge is 0.488 e. The van der Waals surface area contributed by atoms with Crippen LogP contribution in [0, 0.1) is 5.92 Å². The molecule has 110 valence electrons. The molecular formula is C15H24BNO3. The minimum absolute atomic E-state index is 0.572. The highest BCUT2D eigenvalue weighted by atomic mass is 16.5. The largest absolute Gasteiger partial charge is 0.497 e. The maximum absolute atomic E-state index is 9.49. The Labute approximate surface area is 121 Å². The molecule has 1 aliphatic heterocycles. The van der Waals surface area contributed by atoms with Crippen LogP contribution in [-0.4, -0.2) is 42.3 Å². The molecule has 1 aromatic carbocycles. The summed E-state index contributed by atoms with van der Waals surface area (Å²) in [4.78, 5) is 2.39. The van der Waals surface area contributed by atoms with Gasteiger partial charge in [-0.1, -0.05) is 13.0 Å². The van der Waals surface area contributed by atoms with Crippen molar-refractivity contribution in [3.63, 3.8) is 0 Å². The van der Waals surface area contributed by atoms with E-state index in [1.165, 1.54) is 19.3 Å². The van der Waals surface area contributed by atoms with Gasteiger partial charge in [0.1, 0.15) is 5.75 Å². The van der Waals surface area contributed by atoms with Gasteiger partial charge in [-0.25, -0.2) is 0 Å². The van der Waals surface area contributed by atoms with E-state index in [-0.39, 0.29) is 0 Å². The Morgan fingerprint density at radius 1 is 1.30 bits per heavy atom. The van der Waals surface area contributed by atoms with Gasteiger partial charge in [0, 0.05) is 6.54 Å². The molecule has 1 atom stereocenters. The van der Waals surface area contributed by atoms with Crippen LogP contribution in [0.5, 0.6) is 5.75 Å². The fourth-order valence-corrected chi connectivity index (χ4v) is 2.82. The third kappa shape index (κ3) is 3.98. The molecule has 0 bridgehead atoms. The van der Waals surface area contributed by atoms with Crippen molar-refractivity contribution < 1.29 is 14.8 Å². The second-order valence-corrected chi connectivity index (χ2v) is 5.75. The highest BCUT2D eigenvalue weighted by Crippen LogP contribution is 2.19. The molecule has 1 fully saturated rings. The maximum Gasteiger partial charge on any atom is 0.488 e. The topological polar surface area (TPSA) is 52.9 Å². The molecule has 5 heteroatoms. The van der Waals surface area contributed by atoms with Crippen molar-refractivity contribution in [2.24, 2.45) is 5.92 Å². The van der Waals surface area contributed by atoms with E-state index >= 15 is 0 Å². The number of ether oxygens (including phenoxy) is 1. The van der Waals surface area contributed by atoms with E-state index in [0.29, 0.717) is 5.46 Å². The van der Waals surface area contributed by atoms with Crippen LogP contribution in [-0.2, 0) is 6.54 Å². The Bertz CT molecular complexity index is 439. The van der Waals surface area contributed by atoms with Crippen LogP contribution < -0.4 is 10.2 Å². The maximum atomic E-state index is 9.49. The standard InChI is InChI=1S/C15H24BNO3/c1-12-4-3-8-17(9-7-12)11-13-10-14(20-2)5-6-15(13)16(18)19/h5-6,10,12,18-19H,3-4,7-9,11H2,1-2H3. The summed E-state index contributed by atoms with van der Waals surface area (Å²) in [5.74, 6) is 1.54. The average molecular weight is 277 g/mol. The molecule has 1 heterocycles. The van der Waals surface area contributed by atoms with Crippen LogP contribution >= 0.6 is 0 Å². The molecule has 2 rings (SSSR count). The Hall–Kier alpha value is -1.04. The van der Waals surface area contributed by atoms with Crippen molar-refractivity contribution in [1.82, 2.24) is 4.90 Å². The van der Waals surface area contributed by atoms with Crippen molar-refractivity contribution in [3.05, 3.63) is 23.8 Å². The average Bonchev–Trinajstić information content (AvgIpc) is 2.63. The van der Waals surface area contributed by atoms with Crippen molar-refractivity contribution in [1.29, 1.82) is 0 Å². The Morgan fingerprint density at radius 2 is 2.10 bits per heavy atom. The quantitative estimate of drug-likeness (QED) is 0.806. The number of hydrogen-bond acceptors (Lipinski definition) is 4. The van der Waals surface area contributed by atoms with Gasteiger partial charge in [0.2, 0.25) is 0 Å². The fraction of sp³-hybridized carbons (Fsp3) is 0.600. The van der Waals surface area contributed by atoms with Gasteiger partial charge in [-0.3, -0.25) is 4.90 Å². The lowest BCUT2D eigenvalue weighted by atomic mass is 9.77. The van der Waals surface area contributed by atoms with Crippen molar-refractivity contribution in [2.45, 2.75) is 32.7 Å². The highest BCUT2D eigenvalue weighted by Gasteiger charge is 2.20. The first-order chi connectivity index (χ1) is 9.60. The zero-order valence-electron chi connectivity index (χ0n) is 12.4. The summed E-state index contributed by atoms with van der Waals surface area (Å²) in [6.07, 6.45) is 3.70. The summed E-state index contributed by atoms with van der Waals surface area (Å²) in [6.45, 7) is 5.19. The predicted molar refractivity (Wildman–Crippen MR) is 81.1 cm³/mol. The van der Waals surface area contributed by atoms with Gasteiger partial charge in [0.15, 0.2) is 0 Å². The number of benzene rings is 1. The number of rotatable bonds is 4. The summed E-state index contributed by atoms with van der Waals surface area (Å²) in [5, 5.41) is 19.0. The first-order valence-electron chi connectivity index (χ1n) is 7.35. The molecular weight excluding hydrogens is 253 g/mol. The van der Waals surface area contributed by atoms with Crippen molar-refractivity contribution in [3.8, 4) is 5.75 Å². The first-order valence-corrected chi connectivity index (χ1v) is 7.35. The Balaban J connectivity index is 2.13. The van der Waals surface area contributed by atoms with Gasteiger partial charge in [-0.15, -0.1) is 0 Å². The third-order valence-electron chi connectivity index (χ3n) is 4.13. The molecule has 2 N–H and O–H groups in total. The molecule has 0 saturated carbocycles. The molecule has 1 saturated heterocycles. The molecule has 0 amide bonds. The normalized spacial score (nSPS) is 20.5. The number of hydrogen-bond donors (Lipinski definition) is 2. The van der Waals surface area contributed by atoms with Crippen LogP contribution in [0.25, 0.3) is 0 Å². The van der Waals surface area contributed by atoms with Crippen molar-refractivity contribution >= 4 is 12.6 Å². The summed E-state index contributed by atoms with van der Waals surface area (Å²) < 4.78 is 5.24. The highest BCUT2D eigenvalue weighted by molar-refractivity contribution is 6.59. The summed E-state index contributed by atoms with van der Waals surface area (Å²) in [6, 6.07) is 5.41. The van der Waals surface area contributed by atoms with Gasteiger partial charge in [-0.05, 0) is 61.4 Å². The first kappa shape index (κ1) is 15.4. The van der Waals surface area contributed by atoms with E-state index in [4.69, 9.17) is 4.74 Å². The van der Waals surface area contributed by atoms with Crippen LogP contribution in [0.2, 0.25) is 0 Å². The summed E-state index contributed by atoms with van der Waals surface area (Å²) in [7, 11) is 0.198. The second-order valence-electron chi connectivity index (χ2n) is 5.75. The zero-order valence-corrected chi connectivity index (χ0v) is 12.4. The lowest BCUT2D eigenvalue weighted by Crippen LogP contribution is -2.36. The van der Waals surface area contributed by atoms with Gasteiger partial charge < -0.3 is 14.8 Å². The minimum atomic E-state index is -1.43. The molecule has 1 unspecified atom stereocenters. The zero-order chi connectivity index (χ0) is 14.5. The molecule has 0 aliphatic carbocycles. The van der Waals surface area contributed by atoms with Crippen LogP contribution in [0.3, 0.4) is 0 Å². The molecule has 0 spiro atoms. The SMILES string of the molecule is COc1ccc(B(O)O)c(CN2CCCC(C)CC2)c1. The van der Waals surface area contributed by atoms with E-state index in [9.17, 15) is 10.0 Å².